The summed E-state index contributed by atoms with van der Waals surface area (Å²) in [5.41, 5.74) is 2.45. The number of H-pyrrole nitrogens is 1. The summed E-state index contributed by atoms with van der Waals surface area (Å²) in [5.74, 6) is -0.898. The van der Waals surface area contributed by atoms with E-state index in [-0.39, 0.29) is 17.7 Å². The predicted octanol–water partition coefficient (Wildman–Crippen LogP) is 3.62. The summed E-state index contributed by atoms with van der Waals surface area (Å²) in [7, 11) is -7.96. The largest absolute Gasteiger partial charge is 0.341 e. The van der Waals surface area contributed by atoms with E-state index in [1.807, 2.05) is 22.9 Å². The molecule has 4 aromatic rings. The van der Waals surface area contributed by atoms with Gasteiger partial charge in [-0.25, -0.2) is 30.9 Å². The summed E-state index contributed by atoms with van der Waals surface area (Å²) in [4.78, 5) is 19.1. The lowest BCUT2D eigenvalue weighted by Crippen LogP contribution is -2.31. The van der Waals surface area contributed by atoms with E-state index < -0.39 is 43.1 Å². The molecule has 3 N–H and O–H groups in total. The van der Waals surface area contributed by atoms with Gasteiger partial charge in [-0.05, 0) is 53.9 Å². The summed E-state index contributed by atoms with van der Waals surface area (Å²) in [6.45, 7) is 0. The molecule has 1 aliphatic rings. The quantitative estimate of drug-likeness (QED) is 0.294. The Morgan fingerprint density at radius 2 is 1.89 bits per heavy atom. The molecule has 1 aromatic heterocycles. The highest BCUT2D eigenvalue weighted by Crippen LogP contribution is 2.36. The maximum Gasteiger partial charge on any atom is 0.242 e. The third-order valence-corrected chi connectivity index (χ3v) is 9.83. The molecule has 1 saturated heterocycles. The maximum absolute atomic E-state index is 13.7. The molecule has 0 saturated carbocycles. The molecule has 1 aliphatic heterocycles. The Balaban J connectivity index is 1.50. The van der Waals surface area contributed by atoms with E-state index in [4.69, 9.17) is 0 Å². The van der Waals surface area contributed by atoms with Gasteiger partial charge >= 0.3 is 0 Å². The second kappa shape index (κ2) is 9.63. The summed E-state index contributed by atoms with van der Waals surface area (Å²) >= 11 is 3.40. The highest BCUT2D eigenvalue weighted by atomic mass is 79.9. The first-order valence-electron chi connectivity index (χ1n) is 11.1. The number of halogens is 2. The van der Waals surface area contributed by atoms with Crippen molar-refractivity contribution in [3.63, 3.8) is 0 Å². The molecule has 192 valence electrons. The Bertz CT molecular complexity index is 1710. The molecular formula is C24H20BrFN4O5S2. The van der Waals surface area contributed by atoms with E-state index in [1.54, 1.807) is 24.3 Å². The van der Waals surface area contributed by atoms with E-state index in [0.717, 1.165) is 12.1 Å². The van der Waals surface area contributed by atoms with E-state index in [0.29, 0.717) is 32.5 Å². The summed E-state index contributed by atoms with van der Waals surface area (Å²) in [5, 5.41) is -1.03. The Kier molecular flexibility index (Phi) is 6.64. The number of aromatic nitrogens is 2. The van der Waals surface area contributed by atoms with Crippen molar-refractivity contribution in [1.29, 1.82) is 0 Å². The maximum atomic E-state index is 13.7. The topological polar surface area (TPSA) is 138 Å². The zero-order valence-corrected chi connectivity index (χ0v) is 22.2. The molecule has 0 bridgehead atoms. The van der Waals surface area contributed by atoms with Crippen molar-refractivity contribution in [1.82, 2.24) is 19.4 Å². The molecule has 0 radical (unpaired) electrons. The number of para-hydroxylation sites is 2. The van der Waals surface area contributed by atoms with Crippen molar-refractivity contribution in [3.05, 3.63) is 94.0 Å². The molecule has 2 heterocycles. The molecule has 5 rings (SSSR count). The van der Waals surface area contributed by atoms with Crippen molar-refractivity contribution in [2.45, 2.75) is 29.0 Å². The van der Waals surface area contributed by atoms with E-state index in [1.165, 1.54) is 12.1 Å². The smallest absolute Gasteiger partial charge is 0.242 e. The zero-order chi connectivity index (χ0) is 26.4. The third kappa shape index (κ3) is 5.30. The van der Waals surface area contributed by atoms with Gasteiger partial charge in [-0.3, -0.25) is 9.52 Å². The number of nitrogens with one attached hydrogen (secondary N) is 3. The number of benzene rings is 3. The summed E-state index contributed by atoms with van der Waals surface area (Å²) < 4.78 is 69.7. The summed E-state index contributed by atoms with van der Waals surface area (Å²) in [6, 6.07) is 16.0. The first-order chi connectivity index (χ1) is 17.5. The SMILES string of the molecule is O=C1CC(c2ccc(C[C@H](NS(=O)(=O)c3cccc(F)c3)c3nc4ccccc4[nH]3)cc2Br)S(=O)(=O)N1. The Morgan fingerprint density at radius 1 is 1.11 bits per heavy atom. The van der Waals surface area contributed by atoms with Gasteiger partial charge in [-0.2, -0.15) is 0 Å². The van der Waals surface area contributed by atoms with Gasteiger partial charge in [-0.1, -0.05) is 46.3 Å². The van der Waals surface area contributed by atoms with Crippen LogP contribution >= 0.6 is 15.9 Å². The fourth-order valence-electron chi connectivity index (χ4n) is 4.24. The minimum Gasteiger partial charge on any atom is -0.341 e. The van der Waals surface area contributed by atoms with Crippen LogP contribution in [0.1, 0.15) is 34.7 Å². The first kappa shape index (κ1) is 25.5. The number of sulfonamides is 2. The fourth-order valence-corrected chi connectivity index (χ4v) is 7.78. The Morgan fingerprint density at radius 3 is 2.57 bits per heavy atom. The average molecular weight is 607 g/mol. The molecule has 3 aromatic carbocycles. The highest BCUT2D eigenvalue weighted by molar-refractivity contribution is 9.10. The van der Waals surface area contributed by atoms with Crippen LogP contribution in [0.25, 0.3) is 11.0 Å². The van der Waals surface area contributed by atoms with Crippen molar-refractivity contribution in [2.75, 3.05) is 0 Å². The monoisotopic (exact) mass is 606 g/mol. The fraction of sp³-hybridized carbons (Fsp3) is 0.167. The molecule has 37 heavy (non-hydrogen) atoms. The highest BCUT2D eigenvalue weighted by Gasteiger charge is 2.39. The summed E-state index contributed by atoms with van der Waals surface area (Å²) in [6.07, 6.45) is -0.0445. The molecule has 2 atom stereocenters. The number of hydrogen-bond donors (Lipinski definition) is 3. The van der Waals surface area contributed by atoms with Crippen LogP contribution in [-0.4, -0.2) is 32.7 Å². The van der Waals surface area contributed by atoms with Gasteiger partial charge in [0.2, 0.25) is 26.0 Å². The first-order valence-corrected chi connectivity index (χ1v) is 14.9. The van der Waals surface area contributed by atoms with E-state index in [9.17, 15) is 26.0 Å². The van der Waals surface area contributed by atoms with Crippen LogP contribution in [0.5, 0.6) is 0 Å². The van der Waals surface area contributed by atoms with Gasteiger partial charge < -0.3 is 4.98 Å². The van der Waals surface area contributed by atoms with Crippen LogP contribution in [0.15, 0.2) is 76.1 Å². The van der Waals surface area contributed by atoms with Gasteiger partial charge in [0.05, 0.1) is 28.4 Å². The standard InChI is InChI=1S/C24H20BrFN4O5S2/c25-18-10-14(8-9-17(18)22-13-23(31)30-37(22,34)35)11-21(24-27-19-6-1-2-7-20(19)28-24)29-36(32,33)16-5-3-4-15(26)12-16/h1-10,12,21-22,29H,11,13H2,(H,27,28)(H,30,31)/t21-,22?/m0/s1. The normalized spacial score (nSPS) is 18.1. The van der Waals surface area contributed by atoms with Crippen molar-refractivity contribution >= 4 is 52.9 Å². The van der Waals surface area contributed by atoms with Crippen LogP contribution in [0.3, 0.4) is 0 Å². The van der Waals surface area contributed by atoms with Crippen LogP contribution in [-0.2, 0) is 31.3 Å². The molecule has 13 heteroatoms. The van der Waals surface area contributed by atoms with Gasteiger partial charge in [-0.15, -0.1) is 0 Å². The molecule has 9 nitrogen and oxygen atoms in total. The predicted molar refractivity (Wildman–Crippen MR) is 138 cm³/mol. The number of aromatic amines is 1. The molecule has 0 aliphatic carbocycles. The molecule has 1 fully saturated rings. The molecule has 1 unspecified atom stereocenters. The number of imidazole rings is 1. The lowest BCUT2D eigenvalue weighted by Gasteiger charge is -2.18. The zero-order valence-electron chi connectivity index (χ0n) is 19.0. The van der Waals surface area contributed by atoms with Gasteiger partial charge in [0.25, 0.3) is 0 Å². The molecular weight excluding hydrogens is 587 g/mol. The number of amides is 1. The second-order valence-electron chi connectivity index (χ2n) is 8.59. The number of nitrogens with zero attached hydrogens (tertiary/aromatic N) is 1. The minimum atomic E-state index is -4.13. The van der Waals surface area contributed by atoms with Crippen LogP contribution < -0.4 is 9.44 Å². The van der Waals surface area contributed by atoms with Crippen molar-refractivity contribution in [3.8, 4) is 0 Å². The van der Waals surface area contributed by atoms with E-state index in [2.05, 4.69) is 30.6 Å². The van der Waals surface area contributed by atoms with Gasteiger partial charge in [0, 0.05) is 4.47 Å². The molecule has 0 spiro atoms. The second-order valence-corrected chi connectivity index (χ2v) is 13.0. The van der Waals surface area contributed by atoms with Crippen LogP contribution in [0.4, 0.5) is 4.39 Å². The number of rotatable bonds is 7. The molecule has 1 amide bonds. The van der Waals surface area contributed by atoms with Gasteiger partial charge in [0.1, 0.15) is 16.9 Å². The average Bonchev–Trinajstić information content (AvgIpc) is 3.38. The third-order valence-electron chi connectivity index (χ3n) is 5.99. The van der Waals surface area contributed by atoms with Crippen molar-refractivity contribution < 1.29 is 26.0 Å². The van der Waals surface area contributed by atoms with Crippen molar-refractivity contribution in [2.24, 2.45) is 0 Å². The number of carbonyl (C=O) groups is 1. The van der Waals surface area contributed by atoms with Crippen LogP contribution in [0, 0.1) is 5.82 Å². The lowest BCUT2D eigenvalue weighted by molar-refractivity contribution is -0.118. The number of fused-ring (bicyclic) bond motifs is 1. The Hall–Kier alpha value is -3.13. The van der Waals surface area contributed by atoms with E-state index >= 15 is 0 Å². The lowest BCUT2D eigenvalue weighted by atomic mass is 10.0. The number of hydrogen-bond acceptors (Lipinski definition) is 6. The van der Waals surface area contributed by atoms with Gasteiger partial charge in [0.15, 0.2) is 0 Å². The number of carbonyl (C=O) groups excluding carboxylic acids is 1. The Labute approximate surface area is 220 Å². The van der Waals surface area contributed by atoms with Crippen LogP contribution in [0.2, 0.25) is 0 Å². The minimum absolute atomic E-state index is 0.141.